The molecule has 1 heterocycles. The first-order chi connectivity index (χ1) is 33.2. The second-order valence-corrected chi connectivity index (χ2v) is 18.8. The Morgan fingerprint density at radius 2 is 1.30 bits per heavy atom. The molecule has 7 amide bonds. The van der Waals surface area contributed by atoms with Gasteiger partial charge < -0.3 is 53.0 Å². The molecule has 0 radical (unpaired) electrons. The second-order valence-electron chi connectivity index (χ2n) is 18.8. The highest BCUT2D eigenvalue weighted by atomic mass is 16.3. The second kappa shape index (κ2) is 24.9. The zero-order valence-corrected chi connectivity index (χ0v) is 40.7. The molecule has 376 valence electrons. The molecule has 0 saturated carbocycles. The van der Waals surface area contributed by atoms with Crippen LogP contribution in [-0.2, 0) is 40.0 Å². The lowest BCUT2D eigenvalue weighted by atomic mass is 9.83. The fourth-order valence-electron chi connectivity index (χ4n) is 8.42. The van der Waals surface area contributed by atoms with Gasteiger partial charge in [0.1, 0.15) is 36.0 Å². The third kappa shape index (κ3) is 14.4. The number of nitrogens with zero attached hydrogens (tertiary/aromatic N) is 1. The van der Waals surface area contributed by atoms with Crippen LogP contribution in [0.3, 0.4) is 0 Å². The molecule has 0 unspecified atom stereocenters. The highest BCUT2D eigenvalue weighted by molar-refractivity contribution is 6.30. The first-order valence-electron chi connectivity index (χ1n) is 23.9. The number of amides is 7. The van der Waals surface area contributed by atoms with Crippen LogP contribution in [-0.4, -0.2) is 125 Å². The minimum Gasteiger partial charge on any atom is -0.508 e. The number of phenolic OH excluding ortho intramolecular Hbond substituents is 1. The summed E-state index contributed by atoms with van der Waals surface area (Å²) in [6.07, 6.45) is 1.86. The lowest BCUT2D eigenvalue weighted by Crippen LogP contribution is -2.58. The zero-order valence-electron chi connectivity index (χ0n) is 40.7. The van der Waals surface area contributed by atoms with Gasteiger partial charge in [0.05, 0.1) is 18.2 Å². The largest absolute Gasteiger partial charge is 0.508 e. The third-order valence-corrected chi connectivity index (χ3v) is 12.0. The lowest BCUT2D eigenvalue weighted by Gasteiger charge is -2.29. The molecule has 6 atom stereocenters. The summed E-state index contributed by atoms with van der Waals surface area (Å²) in [4.78, 5) is 122. The number of ketones is 2. The number of phenols is 1. The smallest absolute Gasteiger partial charge is 0.245 e. The molecule has 0 spiro atoms. The molecule has 1 saturated heterocycles. The van der Waals surface area contributed by atoms with Crippen LogP contribution in [0, 0.1) is 11.8 Å². The van der Waals surface area contributed by atoms with Crippen LogP contribution in [0.4, 0.5) is 5.69 Å². The maximum atomic E-state index is 14.1. The molecule has 0 bridgehead atoms. The van der Waals surface area contributed by atoms with E-state index < -0.39 is 78.2 Å². The quantitative estimate of drug-likeness (QED) is 0.0482. The Balaban J connectivity index is 1.15. The Kier molecular flexibility index (Phi) is 19.2. The van der Waals surface area contributed by atoms with Crippen LogP contribution < -0.4 is 43.0 Å². The normalized spacial score (nSPS) is 16.2. The van der Waals surface area contributed by atoms with Crippen molar-refractivity contribution >= 4 is 58.6 Å². The van der Waals surface area contributed by atoms with Crippen molar-refractivity contribution in [3.05, 3.63) is 94.5 Å². The number of nitrogens with one attached hydrogen (secondary N) is 7. The summed E-state index contributed by atoms with van der Waals surface area (Å²) in [5, 5.41) is 29.1. The van der Waals surface area contributed by atoms with Crippen LogP contribution in [0.15, 0.2) is 66.7 Å². The van der Waals surface area contributed by atoms with Gasteiger partial charge in [-0.25, -0.2) is 0 Å². The maximum Gasteiger partial charge on any atom is 0.245 e. The Bertz CT molecular complexity index is 2420. The molecular formula is C51H67N9O10. The van der Waals surface area contributed by atoms with E-state index >= 15 is 0 Å². The van der Waals surface area contributed by atoms with Gasteiger partial charge in [0, 0.05) is 48.4 Å². The summed E-state index contributed by atoms with van der Waals surface area (Å²) in [6, 6.07) is 11.7. The number of fused-ring (bicyclic) bond motifs is 2. The minimum absolute atomic E-state index is 0.00384. The van der Waals surface area contributed by atoms with E-state index in [9.17, 15) is 48.3 Å². The number of rotatable bonds is 23. The third-order valence-electron chi connectivity index (χ3n) is 12.0. The number of benzene rings is 3. The molecule has 0 aromatic heterocycles. The average molecular weight is 966 g/mol. The van der Waals surface area contributed by atoms with Crippen molar-refractivity contribution in [3.63, 3.8) is 0 Å². The Hall–Kier alpha value is -7.15. The van der Waals surface area contributed by atoms with E-state index in [1.54, 1.807) is 54.6 Å². The summed E-state index contributed by atoms with van der Waals surface area (Å²) >= 11 is 0. The van der Waals surface area contributed by atoms with Gasteiger partial charge in [0.2, 0.25) is 41.4 Å². The van der Waals surface area contributed by atoms with E-state index in [0.29, 0.717) is 65.9 Å². The van der Waals surface area contributed by atoms with Crippen molar-refractivity contribution in [1.29, 1.82) is 0 Å². The Morgan fingerprint density at radius 3 is 1.96 bits per heavy atom. The molecule has 3 aromatic carbocycles. The van der Waals surface area contributed by atoms with Gasteiger partial charge in [-0.15, -0.1) is 0 Å². The van der Waals surface area contributed by atoms with Gasteiger partial charge in [-0.2, -0.15) is 0 Å². The summed E-state index contributed by atoms with van der Waals surface area (Å²) in [7, 11) is 0. The highest BCUT2D eigenvalue weighted by Gasteiger charge is 2.38. The summed E-state index contributed by atoms with van der Waals surface area (Å²) in [5.41, 5.74) is 8.11. The summed E-state index contributed by atoms with van der Waals surface area (Å²) < 4.78 is 0. The molecule has 1 fully saturated rings. The molecule has 3 aromatic rings. The molecule has 19 heteroatoms. The van der Waals surface area contributed by atoms with Crippen molar-refractivity contribution in [2.75, 3.05) is 31.5 Å². The fraction of sp³-hybridized carbons (Fsp3) is 0.471. The number of nitrogens with two attached hydrogens (primary N) is 1. The number of hydrogen-bond acceptors (Lipinski definition) is 12. The number of hydrogen-bond donors (Lipinski definition) is 9. The number of aromatic hydroxyl groups is 1. The molecular weight excluding hydrogens is 899 g/mol. The van der Waals surface area contributed by atoms with E-state index in [1.165, 1.54) is 30.9 Å². The molecule has 70 heavy (non-hydrogen) atoms. The van der Waals surface area contributed by atoms with Gasteiger partial charge in [-0.3, -0.25) is 43.2 Å². The number of carbonyl (C=O) groups excluding carboxylic acids is 9. The highest BCUT2D eigenvalue weighted by Crippen LogP contribution is 2.32. The number of carbonyl (C=O) groups is 9. The monoisotopic (exact) mass is 966 g/mol. The summed E-state index contributed by atoms with van der Waals surface area (Å²) in [5.74, 6) is -4.67. The standard InChI is InChI=1S/C51H67N9O10/c1-28(2)24-38(59-49(68)39(26-32-17-19-33(61)20-18-32)58-47(66)31(6)56-46(65)30(5)52)48(67)55-27-42(62)57-40(25-29(3)4)51(70)60-23-10-16-41(60)50(69)54-22-11-21-53-37-15-9-14-36-43(37)45(64)35-13-8-7-12-34(35)44(36)63/h7-9,12-15,17-20,28-31,38-41,53,61H,10-11,16,21-27,52H2,1-6H3,(H,54,69)(H,55,67)(H,56,65)(H,57,62)(H,58,66)(H,59,68)/t30-,31+,38+,39+,40+,41+/m1/s1. The minimum atomic E-state index is -1.22. The number of likely N-dealkylation sites (tertiary alicyclic amines) is 1. The molecule has 10 N–H and O–H groups in total. The average Bonchev–Trinajstić information content (AvgIpc) is 3.82. The molecule has 1 aliphatic heterocycles. The van der Waals surface area contributed by atoms with Crippen molar-refractivity contribution in [2.45, 2.75) is 116 Å². The predicted molar refractivity (Wildman–Crippen MR) is 261 cm³/mol. The van der Waals surface area contributed by atoms with Crippen LogP contribution >= 0.6 is 0 Å². The summed E-state index contributed by atoms with van der Waals surface area (Å²) in [6.45, 7) is 10.8. The van der Waals surface area contributed by atoms with E-state index in [0.717, 1.165) is 0 Å². The van der Waals surface area contributed by atoms with Gasteiger partial charge in [0.15, 0.2) is 11.6 Å². The van der Waals surface area contributed by atoms with Crippen LogP contribution in [0.2, 0.25) is 0 Å². The van der Waals surface area contributed by atoms with Crippen molar-refractivity contribution in [2.24, 2.45) is 17.6 Å². The van der Waals surface area contributed by atoms with Crippen LogP contribution in [0.1, 0.15) is 111 Å². The lowest BCUT2D eigenvalue weighted by molar-refractivity contribution is -0.141. The molecule has 19 nitrogen and oxygen atoms in total. The Morgan fingerprint density at radius 1 is 0.671 bits per heavy atom. The number of anilines is 1. The van der Waals surface area contributed by atoms with Gasteiger partial charge in [-0.05, 0) is 81.5 Å². The topological polar surface area (TPSA) is 287 Å². The fourth-order valence-corrected chi connectivity index (χ4v) is 8.42. The predicted octanol–water partition coefficient (Wildman–Crippen LogP) is 1.83. The van der Waals surface area contributed by atoms with E-state index in [4.69, 9.17) is 5.73 Å². The SMILES string of the molecule is CC(C)C[C@H](NC(=O)[C@H](Cc1ccc(O)cc1)NC(=O)[C@H](C)NC(=O)[C@@H](C)N)C(=O)NCC(=O)N[C@@H](CC(C)C)C(=O)N1CCC[C@H]1C(=O)NCCCNc1cccc2c1C(=O)c1ccccc1C2=O. The maximum absolute atomic E-state index is 14.1. The first-order valence-corrected chi connectivity index (χ1v) is 23.9. The van der Waals surface area contributed by atoms with Gasteiger partial charge >= 0.3 is 0 Å². The molecule has 2 aliphatic rings. The van der Waals surface area contributed by atoms with Gasteiger partial charge in [0.25, 0.3) is 0 Å². The van der Waals surface area contributed by atoms with Crippen molar-refractivity contribution < 1.29 is 48.3 Å². The zero-order chi connectivity index (χ0) is 51.2. The van der Waals surface area contributed by atoms with Crippen molar-refractivity contribution in [3.8, 4) is 5.75 Å². The molecule has 1 aliphatic carbocycles. The van der Waals surface area contributed by atoms with E-state index in [-0.39, 0.29) is 60.9 Å². The Labute approximate surface area is 408 Å². The first kappa shape index (κ1) is 53.8. The van der Waals surface area contributed by atoms with Crippen LogP contribution in [0.5, 0.6) is 5.75 Å². The van der Waals surface area contributed by atoms with Crippen LogP contribution in [0.25, 0.3) is 0 Å². The van der Waals surface area contributed by atoms with E-state index in [2.05, 4.69) is 37.2 Å². The van der Waals surface area contributed by atoms with Crippen molar-refractivity contribution in [1.82, 2.24) is 36.8 Å². The van der Waals surface area contributed by atoms with Gasteiger partial charge in [-0.1, -0.05) is 76.2 Å². The van der Waals surface area contributed by atoms with E-state index in [1.807, 2.05) is 27.7 Å². The molecule has 5 rings (SSSR count).